The molecule has 6 nitrogen and oxygen atoms in total. The summed E-state index contributed by atoms with van der Waals surface area (Å²) < 4.78 is 0. The van der Waals surface area contributed by atoms with Gasteiger partial charge in [-0.25, -0.2) is 10.2 Å². The Bertz CT molecular complexity index is 504. The molecule has 6 heteroatoms. The predicted molar refractivity (Wildman–Crippen MR) is 78.3 cm³/mol. The molecule has 21 heavy (non-hydrogen) atoms. The number of carbonyl (C=O) groups excluding carboxylic acids is 1. The van der Waals surface area contributed by atoms with Gasteiger partial charge in [-0.15, -0.1) is 0 Å². The molecule has 0 aliphatic carbocycles. The van der Waals surface area contributed by atoms with Crippen molar-refractivity contribution in [2.24, 2.45) is 5.92 Å². The number of nitrogens with one attached hydrogen (secondary N) is 3. The molecule has 0 aromatic heterocycles. The summed E-state index contributed by atoms with van der Waals surface area (Å²) in [6.45, 7) is 4.15. The van der Waals surface area contributed by atoms with Crippen LogP contribution in [0.5, 0.6) is 0 Å². The molecule has 1 heterocycles. The average molecular weight is 291 g/mol. The van der Waals surface area contributed by atoms with E-state index in [1.165, 1.54) is 0 Å². The van der Waals surface area contributed by atoms with Crippen molar-refractivity contribution in [1.82, 2.24) is 16.2 Å². The number of hydrogen-bond donors (Lipinski definition) is 4. The van der Waals surface area contributed by atoms with E-state index in [9.17, 15) is 14.7 Å². The smallest absolute Gasteiger partial charge is 0.330 e. The normalized spacial score (nSPS) is 23.0. The van der Waals surface area contributed by atoms with Crippen LogP contribution in [0, 0.1) is 5.92 Å². The van der Waals surface area contributed by atoms with Gasteiger partial charge in [-0.3, -0.25) is 10.2 Å². The molecule has 1 aliphatic rings. The van der Waals surface area contributed by atoms with Crippen molar-refractivity contribution < 1.29 is 14.7 Å². The Kier molecular flexibility index (Phi) is 4.93. The van der Waals surface area contributed by atoms with Gasteiger partial charge >= 0.3 is 5.97 Å². The first-order valence-corrected chi connectivity index (χ1v) is 7.08. The number of carboxylic acid groups (broad SMARTS) is 1. The van der Waals surface area contributed by atoms with E-state index in [0.717, 1.165) is 0 Å². The van der Waals surface area contributed by atoms with Crippen molar-refractivity contribution in [1.29, 1.82) is 0 Å². The monoisotopic (exact) mass is 291 g/mol. The average Bonchev–Trinajstić information content (AvgIpc) is 2.95. The minimum Gasteiger partial charge on any atom is -0.479 e. The molecule has 1 aromatic rings. The number of amides is 1. The highest BCUT2D eigenvalue weighted by Gasteiger charge is 2.33. The summed E-state index contributed by atoms with van der Waals surface area (Å²) in [6, 6.07) is 7.46. The minimum absolute atomic E-state index is 0.209. The number of aliphatic carboxylic acids is 1. The fourth-order valence-corrected chi connectivity index (χ4v) is 2.37. The van der Waals surface area contributed by atoms with E-state index in [2.05, 4.69) is 30.0 Å². The van der Waals surface area contributed by atoms with Crippen molar-refractivity contribution in [3.63, 3.8) is 0 Å². The van der Waals surface area contributed by atoms with Crippen LogP contribution in [0.15, 0.2) is 30.3 Å². The molecule has 4 N–H and O–H groups in total. The molecule has 0 spiro atoms. The molecule has 1 aromatic carbocycles. The third kappa shape index (κ3) is 3.80. The summed E-state index contributed by atoms with van der Waals surface area (Å²) in [5.74, 6) is -0.970. The van der Waals surface area contributed by atoms with Crippen molar-refractivity contribution in [2.75, 3.05) is 0 Å². The molecule has 0 bridgehead atoms. The Morgan fingerprint density at radius 3 is 2.43 bits per heavy atom. The molecular formula is C15H21N3O3. The molecule has 2 unspecified atom stereocenters. The zero-order valence-electron chi connectivity index (χ0n) is 12.2. The van der Waals surface area contributed by atoms with Gasteiger partial charge in [0.1, 0.15) is 6.04 Å². The fourth-order valence-electron chi connectivity index (χ4n) is 2.37. The molecule has 0 radical (unpaired) electrons. The van der Waals surface area contributed by atoms with Crippen molar-refractivity contribution in [2.45, 2.75) is 38.4 Å². The van der Waals surface area contributed by atoms with Crippen molar-refractivity contribution >= 4 is 11.9 Å². The summed E-state index contributed by atoms with van der Waals surface area (Å²) in [6.07, 6.45) is 0.643. The lowest BCUT2D eigenvalue weighted by atomic mass is 9.99. The Labute approximate surface area is 123 Å². The van der Waals surface area contributed by atoms with Gasteiger partial charge in [0.2, 0.25) is 5.91 Å². The summed E-state index contributed by atoms with van der Waals surface area (Å²) in [5, 5.41) is 11.9. The lowest BCUT2D eigenvalue weighted by molar-refractivity contribution is -0.142. The molecule has 1 amide bonds. The number of hydrogen-bond acceptors (Lipinski definition) is 4. The van der Waals surface area contributed by atoms with E-state index >= 15 is 0 Å². The Morgan fingerprint density at radius 1 is 1.24 bits per heavy atom. The third-order valence-corrected chi connectivity index (χ3v) is 3.72. The topological polar surface area (TPSA) is 90.5 Å². The van der Waals surface area contributed by atoms with E-state index in [1.54, 1.807) is 30.3 Å². The van der Waals surface area contributed by atoms with Crippen LogP contribution in [0.2, 0.25) is 0 Å². The van der Waals surface area contributed by atoms with Gasteiger partial charge < -0.3 is 10.4 Å². The lowest BCUT2D eigenvalue weighted by Crippen LogP contribution is -2.46. The molecule has 0 saturated carbocycles. The highest BCUT2D eigenvalue weighted by Crippen LogP contribution is 2.16. The van der Waals surface area contributed by atoms with E-state index in [0.29, 0.717) is 17.9 Å². The van der Waals surface area contributed by atoms with Gasteiger partial charge in [0.05, 0.1) is 0 Å². The summed E-state index contributed by atoms with van der Waals surface area (Å²) >= 11 is 0. The van der Waals surface area contributed by atoms with E-state index in [4.69, 9.17) is 0 Å². The van der Waals surface area contributed by atoms with Crippen LogP contribution in [-0.2, 0) is 9.59 Å². The van der Waals surface area contributed by atoms with Crippen LogP contribution in [0.1, 0.15) is 31.9 Å². The second-order valence-corrected chi connectivity index (χ2v) is 5.62. The Hall–Kier alpha value is -1.92. The van der Waals surface area contributed by atoms with Gasteiger partial charge in [-0.1, -0.05) is 44.2 Å². The molecular weight excluding hydrogens is 270 g/mol. The van der Waals surface area contributed by atoms with Gasteiger partial charge in [0.15, 0.2) is 6.04 Å². The van der Waals surface area contributed by atoms with Gasteiger partial charge in [-0.2, -0.15) is 0 Å². The first-order chi connectivity index (χ1) is 9.99. The number of carbonyl (C=O) groups is 2. The quantitative estimate of drug-likeness (QED) is 0.645. The Balaban J connectivity index is 2.02. The maximum absolute atomic E-state index is 12.2. The fraction of sp³-hybridized carbons (Fsp3) is 0.467. The summed E-state index contributed by atoms with van der Waals surface area (Å²) in [5.41, 5.74) is 6.56. The highest BCUT2D eigenvalue weighted by atomic mass is 16.4. The van der Waals surface area contributed by atoms with Gasteiger partial charge in [0, 0.05) is 6.04 Å². The SMILES string of the molecule is CC(C)C1CC(C(=O)N[C@H](C(=O)O)c2ccccc2)NN1. The standard InChI is InChI=1S/C15H21N3O3/c1-9(2)11-8-12(18-17-11)14(19)16-13(15(20)21)10-6-4-3-5-7-10/h3-7,9,11-13,17-18H,8H2,1-2H3,(H,16,19)(H,20,21)/t11?,12?,13-/m0/s1. The second-order valence-electron chi connectivity index (χ2n) is 5.62. The molecule has 1 fully saturated rings. The zero-order chi connectivity index (χ0) is 15.4. The summed E-state index contributed by atoms with van der Waals surface area (Å²) in [4.78, 5) is 23.6. The predicted octanol–water partition coefficient (Wildman–Crippen LogP) is 0.820. The van der Waals surface area contributed by atoms with Crippen LogP contribution in [0.25, 0.3) is 0 Å². The summed E-state index contributed by atoms with van der Waals surface area (Å²) in [7, 11) is 0. The van der Waals surface area contributed by atoms with Crippen LogP contribution in [0.3, 0.4) is 0 Å². The first kappa shape index (κ1) is 15.5. The molecule has 1 saturated heterocycles. The lowest BCUT2D eigenvalue weighted by Gasteiger charge is -2.17. The maximum Gasteiger partial charge on any atom is 0.330 e. The van der Waals surface area contributed by atoms with Crippen LogP contribution in [0.4, 0.5) is 0 Å². The Morgan fingerprint density at radius 2 is 1.90 bits per heavy atom. The van der Waals surface area contributed by atoms with Gasteiger partial charge in [-0.05, 0) is 17.9 Å². The first-order valence-electron chi connectivity index (χ1n) is 7.08. The number of benzene rings is 1. The second kappa shape index (κ2) is 6.69. The minimum atomic E-state index is -1.07. The number of carboxylic acids is 1. The third-order valence-electron chi connectivity index (χ3n) is 3.72. The highest BCUT2D eigenvalue weighted by molar-refractivity contribution is 5.87. The van der Waals surface area contributed by atoms with Gasteiger partial charge in [0.25, 0.3) is 0 Å². The van der Waals surface area contributed by atoms with Crippen molar-refractivity contribution in [3.8, 4) is 0 Å². The largest absolute Gasteiger partial charge is 0.479 e. The maximum atomic E-state index is 12.2. The zero-order valence-corrected chi connectivity index (χ0v) is 12.2. The molecule has 3 atom stereocenters. The number of rotatable bonds is 5. The van der Waals surface area contributed by atoms with Crippen LogP contribution >= 0.6 is 0 Å². The molecule has 114 valence electrons. The van der Waals surface area contributed by atoms with Crippen LogP contribution in [-0.4, -0.2) is 29.1 Å². The number of hydrazine groups is 1. The van der Waals surface area contributed by atoms with Crippen LogP contribution < -0.4 is 16.2 Å². The van der Waals surface area contributed by atoms with Crippen molar-refractivity contribution in [3.05, 3.63) is 35.9 Å². The molecule has 1 aliphatic heterocycles. The molecule has 2 rings (SSSR count). The van der Waals surface area contributed by atoms with E-state index in [-0.39, 0.29) is 11.9 Å². The van der Waals surface area contributed by atoms with E-state index < -0.39 is 18.1 Å². The van der Waals surface area contributed by atoms with E-state index in [1.807, 2.05) is 0 Å².